The van der Waals surface area contributed by atoms with Gasteiger partial charge in [0.1, 0.15) is 6.04 Å². The van der Waals surface area contributed by atoms with Crippen molar-refractivity contribution < 1.29 is 18.0 Å². The molecule has 7 nitrogen and oxygen atoms in total. The molecule has 0 bridgehead atoms. The van der Waals surface area contributed by atoms with E-state index >= 15 is 0 Å². The number of hydrogen-bond donors (Lipinski definition) is 1. The highest BCUT2D eigenvalue weighted by Crippen LogP contribution is 2.26. The molecule has 1 unspecified atom stereocenters. The van der Waals surface area contributed by atoms with Gasteiger partial charge in [-0.25, -0.2) is 8.42 Å². The van der Waals surface area contributed by atoms with E-state index < -0.39 is 16.1 Å². The minimum Gasteiger partial charge on any atom is -0.353 e. The molecule has 2 amide bonds. The zero-order valence-electron chi connectivity index (χ0n) is 15.8. The van der Waals surface area contributed by atoms with Crippen LogP contribution in [-0.2, 0) is 14.8 Å². The number of carbonyl (C=O) groups is 2. The quantitative estimate of drug-likeness (QED) is 0.842. The Labute approximate surface area is 160 Å². The van der Waals surface area contributed by atoms with Gasteiger partial charge in [-0.3, -0.25) is 9.59 Å². The number of hydrogen-bond acceptors (Lipinski definition) is 4. The third-order valence-electron chi connectivity index (χ3n) is 5.63. The maximum absolute atomic E-state index is 12.9. The Hall–Kier alpha value is -1.93. The van der Waals surface area contributed by atoms with Gasteiger partial charge in [0.2, 0.25) is 15.9 Å². The van der Waals surface area contributed by atoms with Gasteiger partial charge in [-0.15, -0.1) is 0 Å². The molecule has 1 aliphatic heterocycles. The lowest BCUT2D eigenvalue weighted by atomic mass is 9.96. The van der Waals surface area contributed by atoms with E-state index in [0.29, 0.717) is 18.7 Å². The van der Waals surface area contributed by atoms with Crippen molar-refractivity contribution >= 4 is 21.8 Å². The summed E-state index contributed by atoms with van der Waals surface area (Å²) in [5.74, 6) is -0.440. The van der Waals surface area contributed by atoms with E-state index in [-0.39, 0.29) is 22.8 Å². The van der Waals surface area contributed by atoms with Crippen LogP contribution in [0.1, 0.15) is 49.4 Å². The molecule has 1 aromatic carbocycles. The van der Waals surface area contributed by atoms with Crippen LogP contribution in [0.3, 0.4) is 0 Å². The fourth-order valence-corrected chi connectivity index (χ4v) is 5.22. The van der Waals surface area contributed by atoms with Gasteiger partial charge < -0.3 is 10.2 Å². The highest BCUT2D eigenvalue weighted by Gasteiger charge is 2.31. The highest BCUT2D eigenvalue weighted by atomic mass is 32.2. The lowest BCUT2D eigenvalue weighted by Crippen LogP contribution is -2.55. The molecule has 27 heavy (non-hydrogen) atoms. The summed E-state index contributed by atoms with van der Waals surface area (Å²) in [6, 6.07) is 5.53. The maximum atomic E-state index is 12.9. The zero-order chi connectivity index (χ0) is 19.6. The maximum Gasteiger partial charge on any atom is 0.254 e. The van der Waals surface area contributed by atoms with Crippen LogP contribution < -0.4 is 5.32 Å². The lowest BCUT2D eigenvalue weighted by Gasteiger charge is -2.33. The van der Waals surface area contributed by atoms with Crippen LogP contribution in [0, 0.1) is 0 Å². The first-order chi connectivity index (χ1) is 12.8. The number of sulfonamides is 1. The molecule has 1 atom stereocenters. The van der Waals surface area contributed by atoms with Crippen LogP contribution in [0.25, 0.3) is 0 Å². The zero-order valence-corrected chi connectivity index (χ0v) is 16.7. The molecule has 1 saturated heterocycles. The van der Waals surface area contributed by atoms with Crippen molar-refractivity contribution in [3.63, 3.8) is 0 Å². The Kier molecular flexibility index (Phi) is 5.86. The van der Waals surface area contributed by atoms with Gasteiger partial charge in [0.25, 0.3) is 5.91 Å². The van der Waals surface area contributed by atoms with Gasteiger partial charge in [0, 0.05) is 31.7 Å². The fraction of sp³-hybridized carbons (Fsp3) is 0.579. The summed E-state index contributed by atoms with van der Waals surface area (Å²) in [5, 5.41) is 2.72. The second-order valence-electron chi connectivity index (χ2n) is 7.30. The Bertz CT molecular complexity index is 801. The van der Waals surface area contributed by atoms with Crippen molar-refractivity contribution in [1.29, 1.82) is 0 Å². The van der Waals surface area contributed by atoms with Crippen LogP contribution >= 0.6 is 0 Å². The van der Waals surface area contributed by atoms with Gasteiger partial charge in [-0.1, -0.05) is 19.3 Å². The predicted octanol–water partition coefficient (Wildman–Crippen LogP) is 1.60. The van der Waals surface area contributed by atoms with Crippen molar-refractivity contribution in [2.75, 3.05) is 20.1 Å². The van der Waals surface area contributed by atoms with Crippen LogP contribution in [0.5, 0.6) is 0 Å². The molecule has 1 aromatic rings. The van der Waals surface area contributed by atoms with Gasteiger partial charge in [-0.2, -0.15) is 4.31 Å². The average molecular weight is 394 g/mol. The summed E-state index contributed by atoms with van der Waals surface area (Å²) in [6.45, 7) is 2.55. The molecular formula is C19H27N3O4S. The minimum absolute atomic E-state index is 0.0396. The third-order valence-corrected chi connectivity index (χ3v) is 7.55. The van der Waals surface area contributed by atoms with Crippen molar-refractivity contribution in [3.05, 3.63) is 29.8 Å². The molecule has 0 aromatic heterocycles. The van der Waals surface area contributed by atoms with E-state index in [2.05, 4.69) is 5.32 Å². The Balaban J connectivity index is 1.76. The van der Waals surface area contributed by atoms with Crippen LogP contribution in [0.4, 0.5) is 0 Å². The largest absolute Gasteiger partial charge is 0.353 e. The van der Waals surface area contributed by atoms with Crippen molar-refractivity contribution in [2.24, 2.45) is 0 Å². The highest BCUT2D eigenvalue weighted by molar-refractivity contribution is 7.89. The predicted molar refractivity (Wildman–Crippen MR) is 102 cm³/mol. The first-order valence-electron chi connectivity index (χ1n) is 9.49. The Morgan fingerprint density at radius 1 is 1.15 bits per heavy atom. The molecule has 1 saturated carbocycles. The first-order valence-corrected chi connectivity index (χ1v) is 10.9. The number of benzene rings is 1. The van der Waals surface area contributed by atoms with Gasteiger partial charge in [0.15, 0.2) is 0 Å². The molecule has 0 radical (unpaired) electrons. The molecule has 2 aliphatic rings. The number of nitrogens with zero attached hydrogens (tertiary/aromatic N) is 2. The molecule has 1 heterocycles. The summed E-state index contributed by atoms with van der Waals surface area (Å²) in [4.78, 5) is 26.1. The van der Waals surface area contributed by atoms with E-state index in [1.165, 1.54) is 33.5 Å². The van der Waals surface area contributed by atoms with Crippen LogP contribution in [-0.4, -0.2) is 61.7 Å². The number of amides is 2. The van der Waals surface area contributed by atoms with Gasteiger partial charge >= 0.3 is 0 Å². The van der Waals surface area contributed by atoms with Crippen LogP contribution in [0.2, 0.25) is 0 Å². The van der Waals surface area contributed by atoms with Crippen molar-refractivity contribution in [1.82, 2.24) is 14.5 Å². The molecule has 1 aliphatic carbocycles. The molecule has 8 heteroatoms. The Morgan fingerprint density at radius 2 is 1.78 bits per heavy atom. The molecular weight excluding hydrogens is 366 g/mol. The number of carbonyl (C=O) groups excluding carboxylic acids is 2. The number of nitrogens with one attached hydrogen (secondary N) is 1. The molecule has 3 rings (SSSR count). The first kappa shape index (κ1) is 19.8. The summed E-state index contributed by atoms with van der Waals surface area (Å²) in [7, 11) is -1.94. The SMILES string of the molecule is CC1C(=O)NCCN1C(=O)c1ccc(S(=O)(=O)N(C)C2CCCCC2)cc1. The topological polar surface area (TPSA) is 86.8 Å². The Morgan fingerprint density at radius 3 is 2.41 bits per heavy atom. The summed E-state index contributed by atoms with van der Waals surface area (Å²) in [5.41, 5.74) is 0.385. The van der Waals surface area contributed by atoms with E-state index in [4.69, 9.17) is 0 Å². The molecule has 0 spiro atoms. The van der Waals surface area contributed by atoms with Gasteiger partial charge in [-0.05, 0) is 44.0 Å². The van der Waals surface area contributed by atoms with E-state index in [1.807, 2.05) is 0 Å². The monoisotopic (exact) mass is 393 g/mol. The van der Waals surface area contributed by atoms with Crippen molar-refractivity contribution in [2.45, 2.75) is 56.0 Å². The molecule has 1 N–H and O–H groups in total. The summed E-state index contributed by atoms with van der Waals surface area (Å²) >= 11 is 0. The summed E-state index contributed by atoms with van der Waals surface area (Å²) < 4.78 is 27.2. The number of rotatable bonds is 4. The van der Waals surface area contributed by atoms with Crippen molar-refractivity contribution in [3.8, 4) is 0 Å². The second-order valence-corrected chi connectivity index (χ2v) is 9.30. The molecule has 148 valence electrons. The lowest BCUT2D eigenvalue weighted by molar-refractivity contribution is -0.127. The molecule has 2 fully saturated rings. The average Bonchev–Trinajstić information content (AvgIpc) is 2.69. The smallest absolute Gasteiger partial charge is 0.254 e. The van der Waals surface area contributed by atoms with Gasteiger partial charge in [0.05, 0.1) is 4.90 Å². The second kappa shape index (κ2) is 7.98. The number of piperazine rings is 1. The van der Waals surface area contributed by atoms with E-state index in [1.54, 1.807) is 14.0 Å². The summed E-state index contributed by atoms with van der Waals surface area (Å²) in [6.07, 6.45) is 5.05. The standard InChI is InChI=1S/C19H27N3O4S/c1-14-18(23)20-12-13-22(14)19(24)15-8-10-17(11-9-15)27(25,26)21(2)16-6-4-3-5-7-16/h8-11,14,16H,3-7,12-13H2,1-2H3,(H,20,23). The normalized spacial score (nSPS) is 22.0. The fourth-order valence-electron chi connectivity index (χ4n) is 3.80. The van der Waals surface area contributed by atoms with E-state index in [0.717, 1.165) is 32.1 Å². The van der Waals surface area contributed by atoms with E-state index in [9.17, 15) is 18.0 Å². The minimum atomic E-state index is -3.58. The third kappa shape index (κ3) is 4.01. The van der Waals surface area contributed by atoms with Crippen LogP contribution in [0.15, 0.2) is 29.2 Å².